The van der Waals surface area contributed by atoms with Crippen molar-refractivity contribution in [2.45, 2.75) is 31.7 Å². The average Bonchev–Trinajstić information content (AvgIpc) is 2.97. The fourth-order valence-electron chi connectivity index (χ4n) is 2.04. The Kier molecular flexibility index (Phi) is 4.98. The lowest BCUT2D eigenvalue weighted by molar-refractivity contribution is 0.599. The van der Waals surface area contributed by atoms with Crippen molar-refractivity contribution < 1.29 is 8.42 Å². The van der Waals surface area contributed by atoms with E-state index in [9.17, 15) is 8.42 Å². The van der Waals surface area contributed by atoms with Gasteiger partial charge in [0.25, 0.3) is 10.0 Å². The summed E-state index contributed by atoms with van der Waals surface area (Å²) in [6.07, 6.45) is 3.60. The smallest absolute Gasteiger partial charge is 0.262 e. The molecule has 0 radical (unpaired) electrons. The molecule has 2 aromatic rings. The van der Waals surface area contributed by atoms with Crippen LogP contribution in [0.3, 0.4) is 0 Å². The Bertz CT molecular complexity index is 681. The molecule has 2 rings (SSSR count). The Morgan fingerprint density at radius 3 is 2.71 bits per heavy atom. The number of aromatic amines is 1. The quantitative estimate of drug-likeness (QED) is 0.729. The van der Waals surface area contributed by atoms with Crippen molar-refractivity contribution in [3.8, 4) is 0 Å². The average molecular weight is 308 g/mol. The molecule has 0 fully saturated rings. The second-order valence-corrected chi connectivity index (χ2v) is 6.32. The summed E-state index contributed by atoms with van der Waals surface area (Å²) in [5.74, 6) is 0. The lowest BCUT2D eigenvalue weighted by Gasteiger charge is -2.12. The summed E-state index contributed by atoms with van der Waals surface area (Å²) in [4.78, 5) is 0.321. The zero-order valence-electron chi connectivity index (χ0n) is 12.2. The van der Waals surface area contributed by atoms with E-state index in [0.717, 1.165) is 17.7 Å². The van der Waals surface area contributed by atoms with Crippen molar-refractivity contribution in [1.29, 1.82) is 0 Å². The van der Waals surface area contributed by atoms with Crippen LogP contribution in [0.1, 0.15) is 25.0 Å². The van der Waals surface area contributed by atoms with E-state index in [4.69, 9.17) is 0 Å². The van der Waals surface area contributed by atoms with Gasteiger partial charge in [0.2, 0.25) is 0 Å². The first-order chi connectivity index (χ1) is 10.1. The second-order valence-electron chi connectivity index (χ2n) is 4.67. The zero-order chi connectivity index (χ0) is 15.3. The molecule has 1 aromatic heterocycles. The van der Waals surface area contributed by atoms with Crippen molar-refractivity contribution in [3.63, 3.8) is 0 Å². The highest BCUT2D eigenvalue weighted by atomic mass is 32.2. The molecule has 0 aliphatic rings. The van der Waals surface area contributed by atoms with Crippen LogP contribution in [0, 0.1) is 0 Å². The van der Waals surface area contributed by atoms with Gasteiger partial charge in [-0.1, -0.05) is 26.0 Å². The highest BCUT2D eigenvalue weighted by Crippen LogP contribution is 2.21. The van der Waals surface area contributed by atoms with Crippen LogP contribution in [-0.4, -0.2) is 25.2 Å². The van der Waals surface area contributed by atoms with Gasteiger partial charge >= 0.3 is 0 Å². The van der Waals surface area contributed by atoms with E-state index in [0.29, 0.717) is 23.5 Å². The number of rotatable bonds is 7. The molecule has 7 heteroatoms. The van der Waals surface area contributed by atoms with Gasteiger partial charge < -0.3 is 5.32 Å². The first-order valence-corrected chi connectivity index (χ1v) is 8.39. The van der Waals surface area contributed by atoms with Crippen LogP contribution in [0.25, 0.3) is 0 Å². The van der Waals surface area contributed by atoms with E-state index in [1.54, 1.807) is 6.07 Å². The summed E-state index contributed by atoms with van der Waals surface area (Å²) < 4.78 is 27.6. The second kappa shape index (κ2) is 6.73. The Hall–Kier alpha value is -1.86. The van der Waals surface area contributed by atoms with Crippen molar-refractivity contribution in [1.82, 2.24) is 15.5 Å². The van der Waals surface area contributed by atoms with Crippen LogP contribution in [0.5, 0.6) is 0 Å². The standard InChI is InChI=1S/C14H20N4O2S/c1-3-12-6-5-11(8-15-4-2)7-14(12)21(19,20)18-13-9-16-17-10-13/h5-7,9-10,15,18H,3-4,8H2,1-2H3,(H,16,17). The molecule has 0 atom stereocenters. The zero-order valence-corrected chi connectivity index (χ0v) is 13.0. The molecular weight excluding hydrogens is 288 g/mol. The maximum Gasteiger partial charge on any atom is 0.262 e. The predicted octanol–water partition coefficient (Wildman–Crippen LogP) is 1.88. The summed E-state index contributed by atoms with van der Waals surface area (Å²) in [6.45, 7) is 5.44. The number of nitrogens with one attached hydrogen (secondary N) is 3. The largest absolute Gasteiger partial charge is 0.313 e. The first kappa shape index (κ1) is 15.5. The minimum absolute atomic E-state index is 0.321. The van der Waals surface area contributed by atoms with Gasteiger partial charge in [0, 0.05) is 12.7 Å². The van der Waals surface area contributed by atoms with E-state index in [1.807, 2.05) is 26.0 Å². The summed E-state index contributed by atoms with van der Waals surface area (Å²) in [5, 5.41) is 9.52. The molecule has 0 unspecified atom stereocenters. The lowest BCUT2D eigenvalue weighted by Crippen LogP contribution is -2.16. The Morgan fingerprint density at radius 1 is 1.29 bits per heavy atom. The highest BCUT2D eigenvalue weighted by Gasteiger charge is 2.19. The molecule has 3 N–H and O–H groups in total. The molecule has 0 amide bonds. The number of nitrogens with zero attached hydrogens (tertiary/aromatic N) is 1. The fourth-order valence-corrected chi connectivity index (χ4v) is 3.43. The summed E-state index contributed by atoms with van der Waals surface area (Å²) >= 11 is 0. The van der Waals surface area contributed by atoms with Crippen LogP contribution < -0.4 is 10.0 Å². The van der Waals surface area contributed by atoms with Gasteiger partial charge in [-0.05, 0) is 30.2 Å². The molecule has 0 aliphatic carbocycles. The van der Waals surface area contributed by atoms with Gasteiger partial charge in [-0.3, -0.25) is 9.82 Å². The van der Waals surface area contributed by atoms with Crippen molar-refractivity contribution in [3.05, 3.63) is 41.7 Å². The SMILES string of the molecule is CCNCc1ccc(CC)c(S(=O)(=O)Nc2cn[nH]c2)c1. The summed E-state index contributed by atoms with van der Waals surface area (Å²) in [6, 6.07) is 5.55. The predicted molar refractivity (Wildman–Crippen MR) is 82.6 cm³/mol. The van der Waals surface area contributed by atoms with Crippen LogP contribution >= 0.6 is 0 Å². The van der Waals surface area contributed by atoms with Crippen LogP contribution in [-0.2, 0) is 23.0 Å². The number of aromatic nitrogens is 2. The maximum atomic E-state index is 12.5. The summed E-state index contributed by atoms with van der Waals surface area (Å²) in [7, 11) is -3.61. The molecule has 0 spiro atoms. The number of hydrogen-bond donors (Lipinski definition) is 3. The number of hydrogen-bond acceptors (Lipinski definition) is 4. The number of sulfonamides is 1. The molecule has 1 heterocycles. The van der Waals surface area contributed by atoms with Gasteiger partial charge in [-0.15, -0.1) is 0 Å². The molecule has 114 valence electrons. The van der Waals surface area contributed by atoms with Crippen molar-refractivity contribution >= 4 is 15.7 Å². The molecule has 0 saturated carbocycles. The van der Waals surface area contributed by atoms with Gasteiger partial charge in [-0.25, -0.2) is 8.42 Å². The topological polar surface area (TPSA) is 86.9 Å². The van der Waals surface area contributed by atoms with Crippen LogP contribution in [0.4, 0.5) is 5.69 Å². The van der Waals surface area contributed by atoms with E-state index in [-0.39, 0.29) is 0 Å². The minimum atomic E-state index is -3.61. The maximum absolute atomic E-state index is 12.5. The normalized spacial score (nSPS) is 11.5. The number of H-pyrrole nitrogens is 1. The van der Waals surface area contributed by atoms with E-state index in [2.05, 4.69) is 20.2 Å². The van der Waals surface area contributed by atoms with Gasteiger partial charge in [0.15, 0.2) is 0 Å². The van der Waals surface area contributed by atoms with E-state index in [1.165, 1.54) is 12.4 Å². The van der Waals surface area contributed by atoms with E-state index < -0.39 is 10.0 Å². The van der Waals surface area contributed by atoms with Crippen molar-refractivity contribution in [2.75, 3.05) is 11.3 Å². The Labute approximate surface area is 125 Å². The van der Waals surface area contributed by atoms with Crippen LogP contribution in [0.15, 0.2) is 35.5 Å². The van der Waals surface area contributed by atoms with Gasteiger partial charge in [0.05, 0.1) is 16.8 Å². The monoisotopic (exact) mass is 308 g/mol. The highest BCUT2D eigenvalue weighted by molar-refractivity contribution is 7.92. The van der Waals surface area contributed by atoms with Crippen LogP contribution in [0.2, 0.25) is 0 Å². The molecule has 21 heavy (non-hydrogen) atoms. The van der Waals surface area contributed by atoms with Crippen molar-refractivity contribution in [2.24, 2.45) is 0 Å². The molecule has 1 aromatic carbocycles. The fraction of sp³-hybridized carbons (Fsp3) is 0.357. The van der Waals surface area contributed by atoms with Gasteiger partial charge in [0.1, 0.15) is 0 Å². The summed E-state index contributed by atoms with van der Waals surface area (Å²) in [5.41, 5.74) is 2.17. The third-order valence-electron chi connectivity index (χ3n) is 3.13. The lowest BCUT2D eigenvalue weighted by atomic mass is 10.1. The minimum Gasteiger partial charge on any atom is -0.313 e. The third kappa shape index (κ3) is 3.83. The molecule has 0 saturated heterocycles. The van der Waals surface area contributed by atoms with Gasteiger partial charge in [-0.2, -0.15) is 5.10 Å². The first-order valence-electron chi connectivity index (χ1n) is 6.91. The molecule has 0 aliphatic heterocycles. The number of benzene rings is 1. The van der Waals surface area contributed by atoms with E-state index >= 15 is 0 Å². The number of anilines is 1. The molecule has 6 nitrogen and oxygen atoms in total. The Balaban J connectivity index is 2.35. The number of aryl methyl sites for hydroxylation is 1. The third-order valence-corrected chi connectivity index (χ3v) is 4.60. The Morgan fingerprint density at radius 2 is 2.10 bits per heavy atom. The molecular formula is C14H20N4O2S. The molecule has 0 bridgehead atoms.